The van der Waals surface area contributed by atoms with Crippen molar-refractivity contribution in [3.05, 3.63) is 40.1 Å². The first-order valence-corrected chi connectivity index (χ1v) is 8.93. The van der Waals surface area contributed by atoms with Crippen LogP contribution in [0.15, 0.2) is 34.8 Å². The highest BCUT2D eigenvalue weighted by Crippen LogP contribution is 2.28. The largest absolute Gasteiger partial charge is 0.510 e. The van der Waals surface area contributed by atoms with E-state index in [1.165, 1.54) is 6.92 Å². The second-order valence-corrected chi connectivity index (χ2v) is 6.64. The quantitative estimate of drug-likeness (QED) is 0.386. The zero-order chi connectivity index (χ0) is 19.8. The smallest absolute Gasteiger partial charge is 0.277 e. The maximum atomic E-state index is 11.8. The number of likely N-dealkylation sites (tertiary alicyclic amines) is 1. The molecule has 0 atom stereocenters. The van der Waals surface area contributed by atoms with Gasteiger partial charge in [-0.3, -0.25) is 9.69 Å². The van der Waals surface area contributed by atoms with Gasteiger partial charge in [-0.2, -0.15) is 0 Å². The molecule has 0 saturated carbocycles. The van der Waals surface area contributed by atoms with E-state index in [-0.39, 0.29) is 18.2 Å². The molecule has 0 bridgehead atoms. The third kappa shape index (κ3) is 6.38. The van der Waals surface area contributed by atoms with Crippen LogP contribution in [0.3, 0.4) is 0 Å². The Hall–Kier alpha value is -2.32. The van der Waals surface area contributed by atoms with Crippen molar-refractivity contribution in [1.29, 1.82) is 0 Å². The Morgan fingerprint density at radius 2 is 1.89 bits per heavy atom. The van der Waals surface area contributed by atoms with Crippen LogP contribution in [0, 0.1) is 10.8 Å². The standard InChI is InChI=1S/C19H27N3O5.ClH/c1-13(23)18(21-25)19(24)20-11-14-6-8-22(9-7-14)12-15-4-5-16(26-2)17(10-15)27-3;/h4-5,10,14,23H,6-9,11-12H2,1-3H3,(H,20,24);1H. The molecular formula is C19H28ClN3O5. The highest BCUT2D eigenvalue weighted by Gasteiger charge is 2.21. The molecule has 1 fully saturated rings. The van der Waals surface area contributed by atoms with E-state index in [4.69, 9.17) is 9.47 Å². The molecule has 156 valence electrons. The molecule has 1 heterocycles. The Labute approximate surface area is 171 Å². The number of hydrogen-bond acceptors (Lipinski definition) is 7. The number of allylic oxidation sites excluding steroid dienone is 1. The van der Waals surface area contributed by atoms with Gasteiger partial charge in [-0.1, -0.05) is 6.07 Å². The molecule has 2 N–H and O–H groups in total. The molecule has 0 unspecified atom stereocenters. The normalized spacial score (nSPS) is 15.8. The summed E-state index contributed by atoms with van der Waals surface area (Å²) in [6.07, 6.45) is 1.89. The summed E-state index contributed by atoms with van der Waals surface area (Å²) in [5, 5.41) is 14.5. The molecule has 9 heteroatoms. The van der Waals surface area contributed by atoms with Crippen LogP contribution in [0.25, 0.3) is 0 Å². The van der Waals surface area contributed by atoms with Gasteiger partial charge in [0.1, 0.15) is 5.76 Å². The lowest BCUT2D eigenvalue weighted by Crippen LogP contribution is -2.38. The first-order chi connectivity index (χ1) is 13.0. The molecule has 1 aliphatic heterocycles. The number of nitrogens with zero attached hydrogens (tertiary/aromatic N) is 2. The highest BCUT2D eigenvalue weighted by molar-refractivity contribution is 5.93. The summed E-state index contributed by atoms with van der Waals surface area (Å²) in [4.78, 5) is 24.8. The summed E-state index contributed by atoms with van der Waals surface area (Å²) in [7, 11) is 3.24. The molecule has 1 aromatic carbocycles. The SMILES string of the molecule is COc1ccc(CN2CCC(CNC(=O)C(N=O)=C(C)O)CC2)cc1OC.Cl. The van der Waals surface area contributed by atoms with Crippen LogP contribution in [-0.2, 0) is 11.3 Å². The predicted octanol–water partition coefficient (Wildman–Crippen LogP) is 3.01. The number of aliphatic hydroxyl groups excluding tert-OH is 1. The zero-order valence-electron chi connectivity index (χ0n) is 16.4. The second-order valence-electron chi connectivity index (χ2n) is 6.64. The highest BCUT2D eigenvalue weighted by atomic mass is 35.5. The number of carbonyl (C=O) groups excluding carboxylic acids is 1. The van der Waals surface area contributed by atoms with E-state index >= 15 is 0 Å². The van der Waals surface area contributed by atoms with Crippen molar-refractivity contribution in [3.8, 4) is 11.5 Å². The molecule has 28 heavy (non-hydrogen) atoms. The minimum atomic E-state index is -0.627. The Morgan fingerprint density at radius 3 is 2.43 bits per heavy atom. The van der Waals surface area contributed by atoms with E-state index in [1.54, 1.807) is 14.2 Å². The second kappa shape index (κ2) is 11.5. The van der Waals surface area contributed by atoms with E-state index in [9.17, 15) is 14.8 Å². The van der Waals surface area contributed by atoms with Gasteiger partial charge in [-0.25, -0.2) is 0 Å². The fourth-order valence-electron chi connectivity index (χ4n) is 3.18. The Bertz CT molecular complexity index is 699. The topological polar surface area (TPSA) is 100 Å². The number of ether oxygens (including phenoxy) is 2. The first kappa shape index (κ1) is 23.7. The molecular weight excluding hydrogens is 386 g/mol. The molecule has 0 aliphatic carbocycles. The number of benzene rings is 1. The summed E-state index contributed by atoms with van der Waals surface area (Å²) in [6, 6.07) is 5.93. The molecule has 1 aromatic rings. The van der Waals surface area contributed by atoms with Crippen molar-refractivity contribution in [2.45, 2.75) is 26.3 Å². The van der Waals surface area contributed by atoms with E-state index < -0.39 is 11.6 Å². The number of hydrogen-bond donors (Lipinski definition) is 2. The maximum Gasteiger partial charge on any atom is 0.277 e. The molecule has 1 amide bonds. The number of amides is 1. The molecule has 0 aromatic heterocycles. The molecule has 8 nitrogen and oxygen atoms in total. The number of nitrogens with one attached hydrogen (secondary N) is 1. The van der Waals surface area contributed by atoms with Gasteiger partial charge < -0.3 is 19.9 Å². The summed E-state index contributed by atoms with van der Waals surface area (Å²) in [5.74, 6) is 0.777. The van der Waals surface area contributed by atoms with Gasteiger partial charge in [0.15, 0.2) is 11.5 Å². The molecule has 1 saturated heterocycles. The Balaban J connectivity index is 0.00000392. The van der Waals surface area contributed by atoms with Crippen LogP contribution in [-0.4, -0.2) is 49.8 Å². The van der Waals surface area contributed by atoms with E-state index in [0.29, 0.717) is 18.2 Å². The Kier molecular flexibility index (Phi) is 9.75. The van der Waals surface area contributed by atoms with Gasteiger partial charge in [0.2, 0.25) is 5.70 Å². The van der Waals surface area contributed by atoms with Crippen LogP contribution >= 0.6 is 12.4 Å². The summed E-state index contributed by atoms with van der Waals surface area (Å²) in [5.41, 5.74) is 0.700. The fraction of sp³-hybridized carbons (Fsp3) is 0.526. The summed E-state index contributed by atoms with van der Waals surface area (Å²) >= 11 is 0. The van der Waals surface area contributed by atoms with Crippen molar-refractivity contribution < 1.29 is 19.4 Å². The number of piperidine rings is 1. The third-order valence-electron chi connectivity index (χ3n) is 4.76. The molecule has 1 aliphatic rings. The lowest BCUT2D eigenvalue weighted by Gasteiger charge is -2.32. The number of methoxy groups -OCH3 is 2. The molecule has 0 radical (unpaired) electrons. The van der Waals surface area contributed by atoms with Crippen LogP contribution in [0.1, 0.15) is 25.3 Å². The van der Waals surface area contributed by atoms with Crippen LogP contribution in [0.4, 0.5) is 0 Å². The number of rotatable bonds is 8. The monoisotopic (exact) mass is 413 g/mol. The number of aliphatic hydroxyl groups is 1. The lowest BCUT2D eigenvalue weighted by molar-refractivity contribution is -0.118. The minimum Gasteiger partial charge on any atom is -0.510 e. The van der Waals surface area contributed by atoms with Crippen LogP contribution in [0.2, 0.25) is 0 Å². The maximum absolute atomic E-state index is 11.8. The summed E-state index contributed by atoms with van der Waals surface area (Å²) < 4.78 is 10.6. The van der Waals surface area contributed by atoms with Crippen molar-refractivity contribution in [3.63, 3.8) is 0 Å². The van der Waals surface area contributed by atoms with Crippen molar-refractivity contribution >= 4 is 18.3 Å². The predicted molar refractivity (Wildman–Crippen MR) is 109 cm³/mol. The first-order valence-electron chi connectivity index (χ1n) is 8.93. The van der Waals surface area contributed by atoms with Crippen molar-refractivity contribution in [1.82, 2.24) is 10.2 Å². The fourth-order valence-corrected chi connectivity index (χ4v) is 3.18. The summed E-state index contributed by atoms with van der Waals surface area (Å²) in [6.45, 7) is 4.40. The van der Waals surface area contributed by atoms with Gasteiger partial charge in [-0.05, 0) is 61.6 Å². The van der Waals surface area contributed by atoms with Gasteiger partial charge >= 0.3 is 0 Å². The average molecular weight is 414 g/mol. The number of halogens is 1. The zero-order valence-corrected chi connectivity index (χ0v) is 17.3. The molecule has 0 spiro atoms. The number of carbonyl (C=O) groups is 1. The van der Waals surface area contributed by atoms with E-state index in [0.717, 1.165) is 43.8 Å². The van der Waals surface area contributed by atoms with Gasteiger partial charge in [0.25, 0.3) is 5.91 Å². The van der Waals surface area contributed by atoms with Gasteiger partial charge in [-0.15, -0.1) is 17.3 Å². The molecule has 2 rings (SSSR count). The number of nitroso groups, excluding NO2 is 1. The minimum absolute atomic E-state index is 0. The van der Waals surface area contributed by atoms with Crippen LogP contribution in [0.5, 0.6) is 11.5 Å². The van der Waals surface area contributed by atoms with Gasteiger partial charge in [0.05, 0.1) is 14.2 Å². The Morgan fingerprint density at radius 1 is 1.25 bits per heavy atom. The van der Waals surface area contributed by atoms with Crippen LogP contribution < -0.4 is 14.8 Å². The van der Waals surface area contributed by atoms with Gasteiger partial charge in [0, 0.05) is 13.1 Å². The average Bonchev–Trinajstić information content (AvgIpc) is 2.67. The lowest BCUT2D eigenvalue weighted by atomic mass is 9.96. The third-order valence-corrected chi connectivity index (χ3v) is 4.76. The van der Waals surface area contributed by atoms with E-state index in [2.05, 4.69) is 15.4 Å². The van der Waals surface area contributed by atoms with Crippen molar-refractivity contribution in [2.75, 3.05) is 33.9 Å². The van der Waals surface area contributed by atoms with E-state index in [1.807, 2.05) is 18.2 Å². The van der Waals surface area contributed by atoms with Crippen molar-refractivity contribution in [2.24, 2.45) is 11.1 Å².